The van der Waals surface area contributed by atoms with Crippen LogP contribution in [0.15, 0.2) is 48.5 Å². The van der Waals surface area contributed by atoms with Gasteiger partial charge >= 0.3 is 0 Å². The van der Waals surface area contributed by atoms with E-state index >= 15 is 0 Å². The van der Waals surface area contributed by atoms with E-state index < -0.39 is 10.0 Å². The van der Waals surface area contributed by atoms with Gasteiger partial charge in [0.25, 0.3) is 0 Å². The molecule has 2 N–H and O–H groups in total. The number of ketones is 2. The summed E-state index contributed by atoms with van der Waals surface area (Å²) in [7, 11) is -3.43. The summed E-state index contributed by atoms with van der Waals surface area (Å²) in [4.78, 5) is 24.0. The third-order valence-corrected chi connectivity index (χ3v) is 3.94. The van der Waals surface area contributed by atoms with Crippen LogP contribution in [0.5, 0.6) is 5.75 Å². The van der Waals surface area contributed by atoms with Crippen molar-refractivity contribution in [2.45, 2.75) is 6.42 Å². The molecule has 24 heavy (non-hydrogen) atoms. The monoisotopic (exact) mass is 347 g/mol. The summed E-state index contributed by atoms with van der Waals surface area (Å²) < 4.78 is 24.0. The lowest BCUT2D eigenvalue weighted by Crippen LogP contribution is -2.29. The van der Waals surface area contributed by atoms with Gasteiger partial charge in [-0.25, -0.2) is 13.1 Å². The molecule has 0 fully saturated rings. The highest BCUT2D eigenvalue weighted by Crippen LogP contribution is 2.22. The number of benzene rings is 2. The summed E-state index contributed by atoms with van der Waals surface area (Å²) in [5.74, 6) is -0.878. The average molecular weight is 347 g/mol. The summed E-state index contributed by atoms with van der Waals surface area (Å²) in [6.45, 7) is -0.315. The van der Waals surface area contributed by atoms with Gasteiger partial charge in [0, 0.05) is 12.0 Å². The molecule has 0 amide bonds. The third-order valence-electron chi connectivity index (χ3n) is 3.28. The van der Waals surface area contributed by atoms with Crippen LogP contribution in [0, 0.1) is 0 Å². The van der Waals surface area contributed by atoms with E-state index in [1.807, 2.05) is 0 Å². The number of Topliss-reactive ketones (excluding diaryl/α,β-unsaturated/α-hetero) is 1. The van der Waals surface area contributed by atoms with Crippen LogP contribution >= 0.6 is 0 Å². The van der Waals surface area contributed by atoms with E-state index in [-0.39, 0.29) is 35.8 Å². The molecule has 0 bridgehead atoms. The Kier molecular flexibility index (Phi) is 5.48. The molecule has 0 atom stereocenters. The fraction of sp³-hybridized carbons (Fsp3) is 0.176. The molecule has 0 aromatic heterocycles. The van der Waals surface area contributed by atoms with Crippen molar-refractivity contribution in [3.63, 3.8) is 0 Å². The van der Waals surface area contributed by atoms with Gasteiger partial charge < -0.3 is 5.11 Å². The molecule has 0 saturated carbocycles. The van der Waals surface area contributed by atoms with Crippen molar-refractivity contribution in [2.24, 2.45) is 0 Å². The summed E-state index contributed by atoms with van der Waals surface area (Å²) in [6.07, 6.45) is 0.923. The van der Waals surface area contributed by atoms with Crippen LogP contribution in [-0.4, -0.2) is 37.9 Å². The average Bonchev–Trinajstić information content (AvgIpc) is 2.53. The third kappa shape index (κ3) is 5.00. The minimum absolute atomic E-state index is 0.0457. The number of phenols is 1. The predicted molar refractivity (Wildman–Crippen MR) is 89.5 cm³/mol. The molecule has 0 aliphatic rings. The first-order valence-corrected chi connectivity index (χ1v) is 9.03. The summed E-state index contributed by atoms with van der Waals surface area (Å²) in [6, 6.07) is 12.9. The molecular formula is C17H17NO5S. The number of carbonyl (C=O) groups is 2. The van der Waals surface area contributed by atoms with Gasteiger partial charge in [-0.2, -0.15) is 0 Å². The lowest BCUT2D eigenvalue weighted by molar-refractivity contribution is -0.117. The second-order valence-electron chi connectivity index (χ2n) is 5.36. The minimum atomic E-state index is -3.43. The Bertz CT molecular complexity index is 860. The van der Waals surface area contributed by atoms with Crippen molar-refractivity contribution in [2.75, 3.05) is 12.8 Å². The highest BCUT2D eigenvalue weighted by atomic mass is 32.2. The van der Waals surface area contributed by atoms with Gasteiger partial charge in [0.15, 0.2) is 11.6 Å². The number of hydrogen-bond acceptors (Lipinski definition) is 5. The molecule has 0 heterocycles. The van der Waals surface area contributed by atoms with Crippen LogP contribution in [0.1, 0.15) is 21.5 Å². The summed E-state index contributed by atoms with van der Waals surface area (Å²) >= 11 is 0. The number of nitrogens with one attached hydrogen (secondary N) is 1. The maximum absolute atomic E-state index is 12.3. The van der Waals surface area contributed by atoms with Crippen molar-refractivity contribution in [3.8, 4) is 5.75 Å². The van der Waals surface area contributed by atoms with Gasteiger partial charge in [0.2, 0.25) is 10.0 Å². The number of aromatic hydroxyl groups is 1. The number of phenolic OH excluding ortho intramolecular Hbond substituents is 1. The van der Waals surface area contributed by atoms with Crippen LogP contribution in [0.25, 0.3) is 0 Å². The number of carbonyl (C=O) groups excluding carboxylic acids is 2. The molecule has 0 saturated heterocycles. The Morgan fingerprint density at radius 3 is 2.33 bits per heavy atom. The maximum Gasteiger partial charge on any atom is 0.209 e. The van der Waals surface area contributed by atoms with Gasteiger partial charge in [-0.15, -0.1) is 0 Å². The second kappa shape index (κ2) is 7.37. The SMILES string of the molecule is CS(=O)(=O)NCC(=O)Cc1ccc(C(=O)c2ccccc2)c(O)c1. The molecule has 2 rings (SSSR count). The standard InChI is InChI=1S/C17H17NO5S/c1-24(22,23)18-11-14(19)9-12-7-8-15(16(20)10-12)17(21)13-5-3-2-4-6-13/h2-8,10,18,20H,9,11H2,1H3. The topological polar surface area (TPSA) is 101 Å². The molecule has 0 aliphatic carbocycles. The van der Waals surface area contributed by atoms with E-state index in [4.69, 9.17) is 0 Å². The molecule has 2 aromatic rings. The Morgan fingerprint density at radius 1 is 1.08 bits per heavy atom. The van der Waals surface area contributed by atoms with Crippen molar-refractivity contribution < 1.29 is 23.1 Å². The van der Waals surface area contributed by atoms with Crippen LogP contribution in [0.4, 0.5) is 0 Å². The predicted octanol–water partition coefficient (Wildman–Crippen LogP) is 1.28. The quantitative estimate of drug-likeness (QED) is 0.735. The zero-order chi connectivity index (χ0) is 17.7. The molecule has 0 unspecified atom stereocenters. The van der Waals surface area contributed by atoms with Gasteiger partial charge in [0.05, 0.1) is 18.4 Å². The normalized spacial score (nSPS) is 11.2. The highest BCUT2D eigenvalue weighted by Gasteiger charge is 2.15. The molecule has 2 aromatic carbocycles. The Labute approximate surface area is 140 Å². The smallest absolute Gasteiger partial charge is 0.209 e. The second-order valence-corrected chi connectivity index (χ2v) is 7.19. The van der Waals surface area contributed by atoms with E-state index in [0.717, 1.165) is 6.26 Å². The first kappa shape index (κ1) is 17.8. The maximum atomic E-state index is 12.3. The molecule has 7 heteroatoms. The highest BCUT2D eigenvalue weighted by molar-refractivity contribution is 7.88. The van der Waals surface area contributed by atoms with E-state index in [2.05, 4.69) is 4.72 Å². The Morgan fingerprint density at radius 2 is 1.75 bits per heavy atom. The zero-order valence-electron chi connectivity index (χ0n) is 13.0. The van der Waals surface area contributed by atoms with Crippen molar-refractivity contribution >= 4 is 21.6 Å². The van der Waals surface area contributed by atoms with Gasteiger partial charge in [-0.3, -0.25) is 9.59 Å². The van der Waals surface area contributed by atoms with Gasteiger partial charge in [-0.1, -0.05) is 36.4 Å². The van der Waals surface area contributed by atoms with Crippen LogP contribution in [0.3, 0.4) is 0 Å². The first-order chi connectivity index (χ1) is 11.3. The van der Waals surface area contributed by atoms with Crippen molar-refractivity contribution in [1.29, 1.82) is 0 Å². The molecule has 0 aliphatic heterocycles. The minimum Gasteiger partial charge on any atom is -0.507 e. The van der Waals surface area contributed by atoms with Gasteiger partial charge in [-0.05, 0) is 17.7 Å². The fourth-order valence-electron chi connectivity index (χ4n) is 2.13. The number of hydrogen-bond donors (Lipinski definition) is 2. The Hall–Kier alpha value is -2.51. The van der Waals surface area contributed by atoms with Crippen LogP contribution in [0.2, 0.25) is 0 Å². The lowest BCUT2D eigenvalue weighted by Gasteiger charge is -2.07. The molecule has 0 radical (unpaired) electrons. The molecule has 6 nitrogen and oxygen atoms in total. The number of rotatable bonds is 7. The fourth-order valence-corrected chi connectivity index (χ4v) is 2.55. The van der Waals surface area contributed by atoms with Gasteiger partial charge in [0.1, 0.15) is 5.75 Å². The summed E-state index contributed by atoms with van der Waals surface area (Å²) in [5, 5.41) is 10.1. The van der Waals surface area contributed by atoms with Crippen molar-refractivity contribution in [3.05, 3.63) is 65.2 Å². The zero-order valence-corrected chi connectivity index (χ0v) is 13.8. The first-order valence-electron chi connectivity index (χ1n) is 7.14. The van der Waals surface area contributed by atoms with Crippen LogP contribution in [-0.2, 0) is 21.2 Å². The largest absolute Gasteiger partial charge is 0.507 e. The van der Waals surface area contributed by atoms with Crippen LogP contribution < -0.4 is 4.72 Å². The van der Waals surface area contributed by atoms with E-state index in [1.54, 1.807) is 36.4 Å². The molecular weight excluding hydrogens is 330 g/mol. The molecule has 0 spiro atoms. The Balaban J connectivity index is 2.10. The summed E-state index contributed by atoms with van der Waals surface area (Å²) in [5.41, 5.74) is 1.10. The number of sulfonamides is 1. The lowest BCUT2D eigenvalue weighted by atomic mass is 9.99. The van der Waals surface area contributed by atoms with E-state index in [1.165, 1.54) is 12.1 Å². The van der Waals surface area contributed by atoms with Crippen molar-refractivity contribution in [1.82, 2.24) is 4.72 Å². The van der Waals surface area contributed by atoms with E-state index in [9.17, 15) is 23.1 Å². The molecule has 126 valence electrons. The van der Waals surface area contributed by atoms with E-state index in [0.29, 0.717) is 11.1 Å².